The lowest BCUT2D eigenvalue weighted by molar-refractivity contribution is -0.127. The maximum atomic E-state index is 12.5. The van der Waals surface area contributed by atoms with Crippen molar-refractivity contribution in [2.45, 2.75) is 19.3 Å². The number of rotatable bonds is 5. The fraction of sp³-hybridized carbons (Fsp3) is 0.286. The minimum Gasteiger partial charge on any atom is -0.342 e. The number of carbonyl (C=O) groups excluding carboxylic acids is 2. The van der Waals surface area contributed by atoms with E-state index in [2.05, 4.69) is 25.8 Å². The van der Waals surface area contributed by atoms with Crippen molar-refractivity contribution < 1.29 is 9.59 Å². The minimum atomic E-state index is -0.163. The van der Waals surface area contributed by atoms with Gasteiger partial charge in [-0.15, -0.1) is 0 Å². The van der Waals surface area contributed by atoms with E-state index < -0.39 is 0 Å². The number of aryl methyl sites for hydroxylation is 1. The zero-order valence-corrected chi connectivity index (χ0v) is 17.2. The number of amides is 2. The summed E-state index contributed by atoms with van der Waals surface area (Å²) in [5, 5.41) is 2.93. The van der Waals surface area contributed by atoms with Gasteiger partial charge < -0.3 is 14.8 Å². The summed E-state index contributed by atoms with van der Waals surface area (Å²) in [4.78, 5) is 30.9. The number of fused-ring (bicyclic) bond motifs is 1. The second-order valence-corrected chi connectivity index (χ2v) is 7.91. The first-order valence-electron chi connectivity index (χ1n) is 9.31. The van der Waals surface area contributed by atoms with Crippen LogP contribution in [0, 0.1) is 0 Å². The van der Waals surface area contributed by atoms with Crippen molar-refractivity contribution in [3.05, 3.63) is 58.3 Å². The Morgan fingerprint density at radius 2 is 2.11 bits per heavy atom. The largest absolute Gasteiger partial charge is 0.342 e. The van der Waals surface area contributed by atoms with Crippen molar-refractivity contribution in [3.8, 4) is 0 Å². The number of carbonyl (C=O) groups is 2. The van der Waals surface area contributed by atoms with Gasteiger partial charge in [-0.25, -0.2) is 4.98 Å². The molecule has 0 spiro atoms. The first-order chi connectivity index (χ1) is 13.5. The van der Waals surface area contributed by atoms with Crippen molar-refractivity contribution in [1.82, 2.24) is 14.5 Å². The summed E-state index contributed by atoms with van der Waals surface area (Å²) in [7, 11) is 1.98. The summed E-state index contributed by atoms with van der Waals surface area (Å²) in [5.41, 5.74) is 3.13. The zero-order valence-electron chi connectivity index (χ0n) is 15.6. The molecular weight excluding hydrogens is 420 g/mol. The van der Waals surface area contributed by atoms with Crippen LogP contribution in [0.2, 0.25) is 0 Å². The first kappa shape index (κ1) is 18.7. The van der Waals surface area contributed by atoms with Gasteiger partial charge in [0.25, 0.3) is 5.91 Å². The van der Waals surface area contributed by atoms with E-state index in [-0.39, 0.29) is 11.8 Å². The quantitative estimate of drug-likeness (QED) is 0.656. The lowest BCUT2D eigenvalue weighted by Crippen LogP contribution is -2.27. The molecular formula is C21H21BrN4O2. The van der Waals surface area contributed by atoms with Gasteiger partial charge in [0.05, 0.1) is 11.0 Å². The molecule has 0 saturated carbocycles. The SMILES string of the molecule is Cn1c(CCN2CCCC2=O)nc2cc(NC(=O)c3cccc(Br)c3)ccc21. The lowest BCUT2D eigenvalue weighted by atomic mass is 10.2. The Bertz CT molecular complexity index is 1060. The third-order valence-electron chi connectivity index (χ3n) is 5.09. The normalized spacial score (nSPS) is 14.1. The van der Waals surface area contributed by atoms with Gasteiger partial charge in [-0.2, -0.15) is 0 Å². The number of benzene rings is 2. The van der Waals surface area contributed by atoms with Crippen LogP contribution in [0.4, 0.5) is 5.69 Å². The van der Waals surface area contributed by atoms with Gasteiger partial charge in [-0.1, -0.05) is 22.0 Å². The monoisotopic (exact) mass is 440 g/mol. The van der Waals surface area contributed by atoms with E-state index in [4.69, 9.17) is 4.98 Å². The van der Waals surface area contributed by atoms with Gasteiger partial charge in [-0.3, -0.25) is 9.59 Å². The summed E-state index contributed by atoms with van der Waals surface area (Å²) in [6.45, 7) is 1.54. The van der Waals surface area contributed by atoms with Gasteiger partial charge in [0.1, 0.15) is 5.82 Å². The summed E-state index contributed by atoms with van der Waals surface area (Å²) in [6, 6.07) is 13.0. The fourth-order valence-corrected chi connectivity index (χ4v) is 3.96. The number of likely N-dealkylation sites (tertiary alicyclic amines) is 1. The molecule has 3 aromatic rings. The molecule has 1 aliphatic rings. The molecule has 0 atom stereocenters. The average Bonchev–Trinajstić information content (AvgIpc) is 3.22. The predicted octanol–water partition coefficient (Wildman–Crippen LogP) is 3.75. The molecule has 144 valence electrons. The van der Waals surface area contributed by atoms with Gasteiger partial charge in [0, 0.05) is 48.7 Å². The van der Waals surface area contributed by atoms with E-state index >= 15 is 0 Å². The smallest absolute Gasteiger partial charge is 0.255 e. The number of hydrogen-bond donors (Lipinski definition) is 1. The average molecular weight is 441 g/mol. The molecule has 1 fully saturated rings. The van der Waals surface area contributed by atoms with Crippen LogP contribution in [0.15, 0.2) is 46.9 Å². The van der Waals surface area contributed by atoms with Crippen LogP contribution in [0.5, 0.6) is 0 Å². The van der Waals surface area contributed by atoms with E-state index in [1.807, 2.05) is 42.3 Å². The highest BCUT2D eigenvalue weighted by molar-refractivity contribution is 9.10. The number of anilines is 1. The highest BCUT2D eigenvalue weighted by Crippen LogP contribution is 2.21. The topological polar surface area (TPSA) is 67.2 Å². The fourth-order valence-electron chi connectivity index (χ4n) is 3.56. The van der Waals surface area contributed by atoms with E-state index in [0.29, 0.717) is 24.2 Å². The molecule has 7 heteroatoms. The number of aromatic nitrogens is 2. The third-order valence-corrected chi connectivity index (χ3v) is 5.59. The Morgan fingerprint density at radius 3 is 2.86 bits per heavy atom. The van der Waals surface area contributed by atoms with Crippen LogP contribution in [0.1, 0.15) is 29.0 Å². The number of imidazole rings is 1. The molecule has 0 bridgehead atoms. The number of hydrogen-bond acceptors (Lipinski definition) is 3. The van der Waals surface area contributed by atoms with Crippen LogP contribution >= 0.6 is 15.9 Å². The standard InChI is InChI=1S/C21H21BrN4O2/c1-25-18-8-7-16(23-21(28)14-4-2-5-15(22)12-14)13-17(18)24-19(25)9-11-26-10-3-6-20(26)27/h2,4-5,7-8,12-13H,3,6,9-11H2,1H3,(H,23,28). The van der Waals surface area contributed by atoms with Gasteiger partial charge in [-0.05, 0) is 42.8 Å². The van der Waals surface area contributed by atoms with Crippen LogP contribution in [-0.2, 0) is 18.3 Å². The maximum absolute atomic E-state index is 12.5. The molecule has 0 unspecified atom stereocenters. The van der Waals surface area contributed by atoms with E-state index in [1.54, 1.807) is 12.1 Å². The molecule has 6 nitrogen and oxygen atoms in total. The predicted molar refractivity (Wildman–Crippen MR) is 112 cm³/mol. The number of halogens is 1. The molecule has 2 aromatic carbocycles. The van der Waals surface area contributed by atoms with Crippen LogP contribution in [-0.4, -0.2) is 39.4 Å². The summed E-state index contributed by atoms with van der Waals surface area (Å²) in [6.07, 6.45) is 2.32. The van der Waals surface area contributed by atoms with Crippen molar-refractivity contribution in [3.63, 3.8) is 0 Å². The zero-order chi connectivity index (χ0) is 19.7. The molecule has 2 heterocycles. The van der Waals surface area contributed by atoms with Crippen molar-refractivity contribution >= 4 is 44.5 Å². The Labute approximate surface area is 171 Å². The molecule has 1 aromatic heterocycles. The summed E-state index contributed by atoms with van der Waals surface area (Å²) in [5.74, 6) is 1.01. The van der Waals surface area contributed by atoms with E-state index in [0.717, 1.165) is 40.7 Å². The summed E-state index contributed by atoms with van der Waals surface area (Å²) < 4.78 is 2.91. The lowest BCUT2D eigenvalue weighted by Gasteiger charge is -2.14. The van der Waals surface area contributed by atoms with Crippen molar-refractivity contribution in [2.24, 2.45) is 7.05 Å². The molecule has 0 radical (unpaired) electrons. The van der Waals surface area contributed by atoms with Crippen LogP contribution < -0.4 is 5.32 Å². The molecule has 2 amide bonds. The van der Waals surface area contributed by atoms with Gasteiger partial charge >= 0.3 is 0 Å². The highest BCUT2D eigenvalue weighted by Gasteiger charge is 2.20. The molecule has 1 aliphatic heterocycles. The van der Waals surface area contributed by atoms with Crippen LogP contribution in [0.3, 0.4) is 0 Å². The van der Waals surface area contributed by atoms with Gasteiger partial charge in [0.2, 0.25) is 5.91 Å². The minimum absolute atomic E-state index is 0.163. The second kappa shape index (κ2) is 7.75. The van der Waals surface area contributed by atoms with Crippen LogP contribution in [0.25, 0.3) is 11.0 Å². The molecule has 1 saturated heterocycles. The number of nitrogens with one attached hydrogen (secondary N) is 1. The molecule has 28 heavy (non-hydrogen) atoms. The van der Waals surface area contributed by atoms with E-state index in [1.165, 1.54) is 0 Å². The second-order valence-electron chi connectivity index (χ2n) is 6.99. The Balaban J connectivity index is 1.50. The summed E-state index contributed by atoms with van der Waals surface area (Å²) >= 11 is 3.38. The highest BCUT2D eigenvalue weighted by atomic mass is 79.9. The van der Waals surface area contributed by atoms with Gasteiger partial charge in [0.15, 0.2) is 0 Å². The maximum Gasteiger partial charge on any atom is 0.255 e. The Kier molecular flexibility index (Phi) is 5.17. The van der Waals surface area contributed by atoms with Crippen molar-refractivity contribution in [1.29, 1.82) is 0 Å². The van der Waals surface area contributed by atoms with E-state index in [9.17, 15) is 9.59 Å². The van der Waals surface area contributed by atoms with Crippen molar-refractivity contribution in [2.75, 3.05) is 18.4 Å². The molecule has 1 N–H and O–H groups in total. The number of nitrogens with zero attached hydrogens (tertiary/aromatic N) is 3. The Morgan fingerprint density at radius 1 is 1.25 bits per heavy atom. The Hall–Kier alpha value is -2.67. The molecule has 0 aliphatic carbocycles. The molecule has 4 rings (SSSR count). The first-order valence-corrected chi connectivity index (χ1v) is 10.1. The third kappa shape index (κ3) is 3.80.